The Kier molecular flexibility index (Phi) is 5.64. The molecule has 1 N–H and O–H groups in total. The number of methoxy groups -OCH3 is 1. The van der Waals surface area contributed by atoms with E-state index >= 15 is 0 Å². The smallest absolute Gasteiger partial charge is 0.324 e. The van der Waals surface area contributed by atoms with Crippen LogP contribution >= 0.6 is 0 Å². The minimum absolute atomic E-state index is 0.101. The fraction of sp³-hybridized carbons (Fsp3) is 0.462. The van der Waals surface area contributed by atoms with Crippen LogP contribution < -0.4 is 4.72 Å². The van der Waals surface area contributed by atoms with Crippen LogP contribution in [0, 0.1) is 11.7 Å². The average molecular weight is 303 g/mol. The van der Waals surface area contributed by atoms with E-state index in [1.807, 2.05) is 6.92 Å². The Hall–Kier alpha value is -1.47. The summed E-state index contributed by atoms with van der Waals surface area (Å²) in [6, 6.07) is 3.40. The Bertz CT molecular complexity index is 556. The number of esters is 1. The highest BCUT2D eigenvalue weighted by atomic mass is 32.2. The number of hydrogen-bond acceptors (Lipinski definition) is 4. The molecular weight excluding hydrogens is 285 g/mol. The van der Waals surface area contributed by atoms with Gasteiger partial charge >= 0.3 is 5.97 Å². The van der Waals surface area contributed by atoms with Crippen molar-refractivity contribution >= 4 is 16.0 Å². The maximum atomic E-state index is 12.8. The van der Waals surface area contributed by atoms with Gasteiger partial charge in [-0.25, -0.2) is 12.8 Å². The van der Waals surface area contributed by atoms with E-state index in [1.54, 1.807) is 6.92 Å². The van der Waals surface area contributed by atoms with E-state index in [-0.39, 0.29) is 10.8 Å². The predicted octanol–water partition coefficient (Wildman–Crippen LogP) is 1.69. The molecule has 0 aliphatic carbocycles. The lowest BCUT2D eigenvalue weighted by molar-refractivity contribution is -0.143. The Morgan fingerprint density at radius 1 is 1.35 bits per heavy atom. The first-order valence-corrected chi connectivity index (χ1v) is 7.65. The second-order valence-electron chi connectivity index (χ2n) is 4.46. The molecule has 0 aliphatic heterocycles. The molecule has 2 atom stereocenters. The van der Waals surface area contributed by atoms with Gasteiger partial charge in [-0.3, -0.25) is 4.79 Å². The third-order valence-electron chi connectivity index (χ3n) is 3.07. The summed E-state index contributed by atoms with van der Waals surface area (Å²) in [7, 11) is -2.71. The van der Waals surface area contributed by atoms with Gasteiger partial charge in [-0.05, 0) is 30.2 Å². The van der Waals surface area contributed by atoms with Crippen molar-refractivity contribution in [3.63, 3.8) is 0 Å². The van der Waals surface area contributed by atoms with Crippen molar-refractivity contribution in [1.82, 2.24) is 4.72 Å². The van der Waals surface area contributed by atoms with Crippen molar-refractivity contribution in [2.24, 2.45) is 5.92 Å². The molecule has 0 fully saturated rings. The number of nitrogens with one attached hydrogen (secondary N) is 1. The monoisotopic (exact) mass is 303 g/mol. The molecule has 0 aromatic heterocycles. The molecular formula is C13H18FNO4S. The van der Waals surface area contributed by atoms with Gasteiger partial charge in [0.1, 0.15) is 11.9 Å². The molecule has 7 heteroatoms. The van der Waals surface area contributed by atoms with Crippen molar-refractivity contribution in [3.8, 4) is 0 Å². The minimum atomic E-state index is -3.90. The number of ether oxygens (including phenoxy) is 1. The Labute approximate surface area is 118 Å². The summed E-state index contributed by atoms with van der Waals surface area (Å²) in [6.45, 7) is 3.58. The summed E-state index contributed by atoms with van der Waals surface area (Å²) in [5.74, 6) is -1.40. The highest BCUT2D eigenvalue weighted by Gasteiger charge is 2.30. The van der Waals surface area contributed by atoms with Crippen molar-refractivity contribution < 1.29 is 22.3 Å². The quantitative estimate of drug-likeness (QED) is 0.812. The van der Waals surface area contributed by atoms with Gasteiger partial charge in [-0.1, -0.05) is 20.3 Å². The van der Waals surface area contributed by atoms with Crippen molar-refractivity contribution in [2.45, 2.75) is 31.2 Å². The van der Waals surface area contributed by atoms with E-state index in [0.29, 0.717) is 6.42 Å². The zero-order valence-corrected chi connectivity index (χ0v) is 12.4. The summed E-state index contributed by atoms with van der Waals surface area (Å²) >= 11 is 0. The lowest BCUT2D eigenvalue weighted by Gasteiger charge is -2.21. The fourth-order valence-electron chi connectivity index (χ4n) is 1.61. The second kappa shape index (κ2) is 6.81. The molecule has 0 bridgehead atoms. The van der Waals surface area contributed by atoms with E-state index in [4.69, 9.17) is 0 Å². The lowest BCUT2D eigenvalue weighted by Crippen LogP contribution is -2.45. The maximum absolute atomic E-state index is 12.8. The van der Waals surface area contributed by atoms with Crippen LogP contribution in [0.25, 0.3) is 0 Å². The van der Waals surface area contributed by atoms with Gasteiger partial charge in [0.2, 0.25) is 10.0 Å². The van der Waals surface area contributed by atoms with Crippen molar-refractivity contribution in [1.29, 1.82) is 0 Å². The molecule has 0 amide bonds. The Morgan fingerprint density at radius 2 is 1.90 bits per heavy atom. The number of sulfonamides is 1. The molecule has 0 spiro atoms. The second-order valence-corrected chi connectivity index (χ2v) is 6.18. The fourth-order valence-corrected chi connectivity index (χ4v) is 2.90. The van der Waals surface area contributed by atoms with Gasteiger partial charge in [0.05, 0.1) is 12.0 Å². The van der Waals surface area contributed by atoms with Gasteiger partial charge < -0.3 is 4.74 Å². The third kappa shape index (κ3) is 4.01. The molecule has 0 saturated heterocycles. The molecule has 1 rings (SSSR count). The molecule has 0 heterocycles. The zero-order valence-electron chi connectivity index (χ0n) is 11.6. The molecule has 0 unspecified atom stereocenters. The number of rotatable bonds is 6. The van der Waals surface area contributed by atoms with E-state index < -0.39 is 27.9 Å². The number of hydrogen-bond donors (Lipinski definition) is 1. The molecule has 1 aromatic rings. The van der Waals surface area contributed by atoms with Gasteiger partial charge in [-0.2, -0.15) is 4.72 Å². The first-order chi connectivity index (χ1) is 9.31. The number of carbonyl (C=O) groups excluding carboxylic acids is 1. The number of benzene rings is 1. The number of halogens is 1. The van der Waals surface area contributed by atoms with Crippen LogP contribution in [0.15, 0.2) is 29.2 Å². The van der Waals surface area contributed by atoms with Crippen LogP contribution in [0.3, 0.4) is 0 Å². The maximum Gasteiger partial charge on any atom is 0.324 e. The van der Waals surface area contributed by atoms with Crippen molar-refractivity contribution in [2.75, 3.05) is 7.11 Å². The van der Waals surface area contributed by atoms with Crippen LogP contribution in [0.4, 0.5) is 4.39 Å². The first kappa shape index (κ1) is 16.6. The largest absolute Gasteiger partial charge is 0.468 e. The van der Waals surface area contributed by atoms with Crippen molar-refractivity contribution in [3.05, 3.63) is 30.1 Å². The highest BCUT2D eigenvalue weighted by molar-refractivity contribution is 7.89. The molecule has 112 valence electrons. The van der Waals surface area contributed by atoms with Crippen LogP contribution in [-0.2, 0) is 19.6 Å². The van der Waals surface area contributed by atoms with E-state index in [0.717, 1.165) is 24.3 Å². The SMILES string of the molecule is CC[C@H](C)[C@H](NS(=O)(=O)c1ccc(F)cc1)C(=O)OC. The van der Waals surface area contributed by atoms with E-state index in [9.17, 15) is 17.6 Å². The van der Waals surface area contributed by atoms with E-state index in [2.05, 4.69) is 9.46 Å². The molecule has 0 saturated carbocycles. The summed E-state index contributed by atoms with van der Waals surface area (Å²) in [5, 5.41) is 0. The Balaban J connectivity index is 3.02. The summed E-state index contributed by atoms with van der Waals surface area (Å²) < 4.78 is 44.0. The highest BCUT2D eigenvalue weighted by Crippen LogP contribution is 2.15. The van der Waals surface area contributed by atoms with Gasteiger partial charge in [-0.15, -0.1) is 0 Å². The van der Waals surface area contributed by atoms with Crippen LogP contribution in [-0.4, -0.2) is 27.5 Å². The molecule has 0 radical (unpaired) electrons. The van der Waals surface area contributed by atoms with Gasteiger partial charge in [0, 0.05) is 0 Å². The minimum Gasteiger partial charge on any atom is -0.468 e. The molecule has 5 nitrogen and oxygen atoms in total. The summed E-state index contributed by atoms with van der Waals surface area (Å²) in [5.41, 5.74) is 0. The third-order valence-corrected chi connectivity index (χ3v) is 4.53. The standard InChI is InChI=1S/C13H18FNO4S/c1-4-9(2)12(13(16)19-3)15-20(17,18)11-7-5-10(14)6-8-11/h5-9,12,15H,4H2,1-3H3/t9-,12-/m0/s1. The zero-order chi connectivity index (χ0) is 15.3. The van der Waals surface area contributed by atoms with Crippen LogP contribution in [0.1, 0.15) is 20.3 Å². The van der Waals surface area contributed by atoms with Gasteiger partial charge in [0.25, 0.3) is 0 Å². The normalized spacial score (nSPS) is 14.6. The topological polar surface area (TPSA) is 72.5 Å². The van der Waals surface area contributed by atoms with Crippen LogP contribution in [0.2, 0.25) is 0 Å². The summed E-state index contributed by atoms with van der Waals surface area (Å²) in [4.78, 5) is 11.6. The number of carbonyl (C=O) groups is 1. The van der Waals surface area contributed by atoms with Gasteiger partial charge in [0.15, 0.2) is 0 Å². The molecule has 0 aliphatic rings. The Morgan fingerprint density at radius 3 is 2.35 bits per heavy atom. The predicted molar refractivity (Wildman–Crippen MR) is 72.0 cm³/mol. The molecule has 1 aromatic carbocycles. The van der Waals surface area contributed by atoms with E-state index in [1.165, 1.54) is 7.11 Å². The lowest BCUT2D eigenvalue weighted by atomic mass is 10.0. The average Bonchev–Trinajstić information content (AvgIpc) is 2.43. The van der Waals surface area contributed by atoms with Crippen LogP contribution in [0.5, 0.6) is 0 Å². The summed E-state index contributed by atoms with van der Waals surface area (Å²) in [6.07, 6.45) is 0.603. The molecule has 20 heavy (non-hydrogen) atoms. The first-order valence-electron chi connectivity index (χ1n) is 6.17.